The van der Waals surface area contributed by atoms with Gasteiger partial charge in [0.15, 0.2) is 0 Å². The predicted octanol–water partition coefficient (Wildman–Crippen LogP) is 6.98. The van der Waals surface area contributed by atoms with E-state index < -0.39 is 0 Å². The second-order valence-corrected chi connectivity index (χ2v) is 9.33. The maximum absolute atomic E-state index is 13.1. The lowest BCUT2D eigenvalue weighted by Crippen LogP contribution is -2.18. The Morgan fingerprint density at radius 2 is 1.67 bits per heavy atom. The first-order valence-electron chi connectivity index (χ1n) is 10.4. The van der Waals surface area contributed by atoms with Gasteiger partial charge in [0.05, 0.1) is 38.0 Å². The lowest BCUT2D eigenvalue weighted by Gasteiger charge is -2.14. The van der Waals surface area contributed by atoms with Gasteiger partial charge in [-0.1, -0.05) is 48.5 Å². The molecule has 1 aromatic heterocycles. The zero-order valence-corrected chi connectivity index (χ0v) is 21.2. The molecular formula is C26H21Br2N3O2. The van der Waals surface area contributed by atoms with Crippen LogP contribution in [0, 0.1) is 0 Å². The van der Waals surface area contributed by atoms with E-state index in [2.05, 4.69) is 42.4 Å². The number of ether oxygens (including phenoxy) is 1. The van der Waals surface area contributed by atoms with E-state index in [9.17, 15) is 4.79 Å². The molecule has 0 aliphatic rings. The van der Waals surface area contributed by atoms with E-state index in [0.29, 0.717) is 5.56 Å². The molecule has 0 atom stereocenters. The zero-order chi connectivity index (χ0) is 23.4. The fourth-order valence-electron chi connectivity index (χ4n) is 3.35. The maximum Gasteiger partial charge on any atom is 0.272 e. The summed E-state index contributed by atoms with van der Waals surface area (Å²) in [5.41, 5.74) is 6.39. The molecule has 0 saturated heterocycles. The molecule has 0 saturated carbocycles. The van der Waals surface area contributed by atoms with E-state index in [-0.39, 0.29) is 12.0 Å². The molecule has 0 unspecified atom stereocenters. The molecule has 0 spiro atoms. The Morgan fingerprint density at radius 1 is 1.00 bits per heavy atom. The van der Waals surface area contributed by atoms with E-state index in [1.165, 1.54) is 0 Å². The number of hydrogen-bond donors (Lipinski definition) is 1. The molecule has 0 radical (unpaired) electrons. The van der Waals surface area contributed by atoms with Crippen molar-refractivity contribution in [1.29, 1.82) is 0 Å². The van der Waals surface area contributed by atoms with Crippen molar-refractivity contribution in [3.8, 4) is 17.0 Å². The highest BCUT2D eigenvalue weighted by molar-refractivity contribution is 9.11. The summed E-state index contributed by atoms with van der Waals surface area (Å²) >= 11 is 7.06. The Bertz CT molecular complexity index is 1320. The number of nitrogens with zero attached hydrogens (tertiary/aromatic N) is 2. The third-order valence-electron chi connectivity index (χ3n) is 4.78. The van der Waals surface area contributed by atoms with Crippen molar-refractivity contribution in [3.05, 3.63) is 92.9 Å². The minimum Gasteiger partial charge on any atom is -0.489 e. The number of amides is 1. The number of carbonyl (C=O) groups is 1. The van der Waals surface area contributed by atoms with Gasteiger partial charge < -0.3 is 4.74 Å². The maximum atomic E-state index is 13.1. The van der Waals surface area contributed by atoms with Crippen LogP contribution in [0.15, 0.2) is 86.8 Å². The summed E-state index contributed by atoms with van der Waals surface area (Å²) < 4.78 is 7.40. The first kappa shape index (κ1) is 23.1. The second-order valence-electron chi connectivity index (χ2n) is 7.62. The average molecular weight is 567 g/mol. The fraction of sp³-hybridized carbons (Fsp3) is 0.115. The number of fused-ring (bicyclic) bond motifs is 1. The van der Waals surface area contributed by atoms with Gasteiger partial charge in [0.2, 0.25) is 0 Å². The number of pyridine rings is 1. The fourth-order valence-corrected chi connectivity index (χ4v) is 4.76. The number of aromatic nitrogens is 1. The quantitative estimate of drug-likeness (QED) is 0.202. The number of para-hydroxylation sites is 1. The lowest BCUT2D eigenvalue weighted by molar-refractivity contribution is 0.0956. The number of rotatable bonds is 6. The Morgan fingerprint density at radius 3 is 2.36 bits per heavy atom. The number of hydrazone groups is 1. The number of nitrogens with one attached hydrogen (secondary N) is 1. The molecule has 7 heteroatoms. The van der Waals surface area contributed by atoms with Crippen LogP contribution in [-0.2, 0) is 0 Å². The highest BCUT2D eigenvalue weighted by atomic mass is 79.9. The Hall–Kier alpha value is -3.03. The molecule has 4 rings (SSSR count). The van der Waals surface area contributed by atoms with Crippen LogP contribution in [0.4, 0.5) is 0 Å². The van der Waals surface area contributed by atoms with Crippen LogP contribution in [-0.4, -0.2) is 23.2 Å². The van der Waals surface area contributed by atoms with E-state index in [1.807, 2.05) is 80.6 Å². The van der Waals surface area contributed by atoms with Crippen LogP contribution < -0.4 is 10.2 Å². The minimum atomic E-state index is -0.306. The summed E-state index contributed by atoms with van der Waals surface area (Å²) in [5, 5.41) is 4.94. The summed E-state index contributed by atoms with van der Waals surface area (Å²) in [4.78, 5) is 17.8. The van der Waals surface area contributed by atoms with Crippen molar-refractivity contribution in [2.45, 2.75) is 20.0 Å². The van der Waals surface area contributed by atoms with Gasteiger partial charge in [-0.25, -0.2) is 10.4 Å². The predicted molar refractivity (Wildman–Crippen MR) is 140 cm³/mol. The molecule has 0 aliphatic carbocycles. The smallest absolute Gasteiger partial charge is 0.272 e. The Balaban J connectivity index is 1.60. The van der Waals surface area contributed by atoms with Crippen molar-refractivity contribution < 1.29 is 9.53 Å². The van der Waals surface area contributed by atoms with Crippen molar-refractivity contribution >= 4 is 54.9 Å². The van der Waals surface area contributed by atoms with Crippen LogP contribution in [0.1, 0.15) is 29.8 Å². The summed E-state index contributed by atoms with van der Waals surface area (Å²) in [5.74, 6) is 0.419. The van der Waals surface area contributed by atoms with E-state index in [0.717, 1.165) is 42.4 Å². The second kappa shape index (κ2) is 10.3. The number of hydrogen-bond acceptors (Lipinski definition) is 4. The molecular weight excluding hydrogens is 546 g/mol. The molecule has 1 amide bonds. The van der Waals surface area contributed by atoms with E-state index in [1.54, 1.807) is 12.3 Å². The minimum absolute atomic E-state index is 0.0485. The molecule has 4 aromatic rings. The Labute approximate surface area is 209 Å². The first-order valence-corrected chi connectivity index (χ1v) is 12.0. The summed E-state index contributed by atoms with van der Waals surface area (Å²) in [6.45, 7) is 3.94. The van der Waals surface area contributed by atoms with Crippen LogP contribution in [0.3, 0.4) is 0 Å². The molecule has 1 N–H and O–H groups in total. The van der Waals surface area contributed by atoms with Crippen molar-refractivity contribution in [3.63, 3.8) is 0 Å². The normalized spacial score (nSPS) is 11.3. The van der Waals surface area contributed by atoms with Crippen molar-refractivity contribution in [2.75, 3.05) is 0 Å². The van der Waals surface area contributed by atoms with E-state index in [4.69, 9.17) is 9.72 Å². The largest absolute Gasteiger partial charge is 0.489 e. The van der Waals surface area contributed by atoms with Gasteiger partial charge in [-0.05, 0) is 75.5 Å². The third kappa shape index (κ3) is 5.49. The molecule has 0 fully saturated rings. The topological polar surface area (TPSA) is 63.6 Å². The third-order valence-corrected chi connectivity index (χ3v) is 5.96. The van der Waals surface area contributed by atoms with Gasteiger partial charge in [-0.15, -0.1) is 0 Å². The van der Waals surface area contributed by atoms with Crippen molar-refractivity contribution in [1.82, 2.24) is 10.4 Å². The summed E-state index contributed by atoms with van der Waals surface area (Å²) in [6.07, 6.45) is 1.64. The van der Waals surface area contributed by atoms with Crippen LogP contribution in [0.25, 0.3) is 22.2 Å². The monoisotopic (exact) mass is 565 g/mol. The highest BCUT2D eigenvalue weighted by Crippen LogP contribution is 2.35. The molecule has 0 aliphatic heterocycles. The number of carbonyl (C=O) groups excluding carboxylic acids is 1. The lowest BCUT2D eigenvalue weighted by atomic mass is 10.0. The van der Waals surface area contributed by atoms with Crippen molar-refractivity contribution in [2.24, 2.45) is 5.10 Å². The Kier molecular flexibility index (Phi) is 7.20. The summed E-state index contributed by atoms with van der Waals surface area (Å²) in [7, 11) is 0. The zero-order valence-electron chi connectivity index (χ0n) is 18.0. The van der Waals surface area contributed by atoms with Gasteiger partial charge in [-0.2, -0.15) is 5.10 Å². The van der Waals surface area contributed by atoms with Crippen LogP contribution >= 0.6 is 31.9 Å². The van der Waals surface area contributed by atoms with E-state index >= 15 is 0 Å². The van der Waals surface area contributed by atoms with Crippen LogP contribution in [0.5, 0.6) is 5.75 Å². The van der Waals surface area contributed by atoms with Crippen LogP contribution in [0.2, 0.25) is 0 Å². The van der Waals surface area contributed by atoms with Gasteiger partial charge in [0.25, 0.3) is 5.91 Å². The van der Waals surface area contributed by atoms with Gasteiger partial charge in [-0.3, -0.25) is 4.79 Å². The molecule has 3 aromatic carbocycles. The summed E-state index contributed by atoms with van der Waals surface area (Å²) in [6, 6.07) is 22.9. The highest BCUT2D eigenvalue weighted by Gasteiger charge is 2.14. The SMILES string of the molecule is CC(C)Oc1c(Br)cc(/C=N\NC(=O)c2cc(-c3ccccc3)nc3ccccc23)cc1Br. The van der Waals surface area contributed by atoms with Gasteiger partial charge >= 0.3 is 0 Å². The number of benzene rings is 3. The average Bonchev–Trinajstić information content (AvgIpc) is 2.81. The van der Waals surface area contributed by atoms with Gasteiger partial charge in [0.1, 0.15) is 5.75 Å². The first-order chi connectivity index (χ1) is 15.9. The molecule has 1 heterocycles. The molecule has 166 valence electrons. The standard InChI is InChI=1S/C26H21Br2N3O2/c1-16(2)33-25-21(27)12-17(13-22(25)28)15-29-31-26(32)20-14-24(18-8-4-3-5-9-18)30-23-11-7-6-10-19(20)23/h3-16H,1-2H3,(H,31,32)/b29-15-. The molecule has 33 heavy (non-hydrogen) atoms. The number of halogens is 2. The molecule has 5 nitrogen and oxygen atoms in total. The molecule has 0 bridgehead atoms. The van der Waals surface area contributed by atoms with Gasteiger partial charge in [0, 0.05) is 10.9 Å².